The number of halogens is 2. The number of hydrogen-bond acceptors (Lipinski definition) is 2. The van der Waals surface area contributed by atoms with Crippen LogP contribution in [0.3, 0.4) is 0 Å². The Kier molecular flexibility index (Phi) is 6.30. The third-order valence-electron chi connectivity index (χ3n) is 5.04. The highest BCUT2D eigenvalue weighted by atomic mass is 79.9. The molecular weight excluding hydrogens is 364 g/mol. The maximum atomic E-state index is 12.7. The standard InChI is InChI=1S/C17H23BrN2O.ClH/c18-15-4-2-14(3-5-15)17(8-1-9-17)16(21)20-11-7-13-6-10-19-12-13;/h2-5,13,19H,1,6-12H2,(H,20,21);1H. The van der Waals surface area contributed by atoms with Gasteiger partial charge < -0.3 is 10.6 Å². The van der Waals surface area contributed by atoms with Gasteiger partial charge in [-0.1, -0.05) is 34.5 Å². The van der Waals surface area contributed by atoms with E-state index in [0.29, 0.717) is 0 Å². The average Bonchev–Trinajstić information content (AvgIpc) is 2.93. The lowest BCUT2D eigenvalue weighted by Crippen LogP contribution is -2.49. The molecule has 3 nitrogen and oxygen atoms in total. The molecule has 1 atom stereocenters. The second-order valence-corrected chi connectivity index (χ2v) is 7.26. The molecule has 1 aliphatic carbocycles. The van der Waals surface area contributed by atoms with Crippen LogP contribution in [-0.4, -0.2) is 25.5 Å². The van der Waals surface area contributed by atoms with Crippen LogP contribution in [0.1, 0.15) is 37.7 Å². The van der Waals surface area contributed by atoms with Crippen LogP contribution < -0.4 is 10.6 Å². The van der Waals surface area contributed by atoms with Crippen LogP contribution in [0.4, 0.5) is 0 Å². The fourth-order valence-electron chi connectivity index (χ4n) is 3.47. The molecule has 1 aromatic carbocycles. The maximum Gasteiger partial charge on any atom is 0.230 e. The summed E-state index contributed by atoms with van der Waals surface area (Å²) in [4.78, 5) is 12.7. The Morgan fingerprint density at radius 2 is 2.05 bits per heavy atom. The van der Waals surface area contributed by atoms with E-state index in [-0.39, 0.29) is 23.7 Å². The van der Waals surface area contributed by atoms with E-state index in [9.17, 15) is 4.79 Å². The van der Waals surface area contributed by atoms with Gasteiger partial charge in [-0.3, -0.25) is 4.79 Å². The number of amides is 1. The number of carbonyl (C=O) groups excluding carboxylic acids is 1. The van der Waals surface area contributed by atoms with Crippen molar-refractivity contribution in [3.05, 3.63) is 34.3 Å². The molecule has 0 bridgehead atoms. The molecule has 2 N–H and O–H groups in total. The van der Waals surface area contributed by atoms with E-state index in [1.807, 2.05) is 12.1 Å². The van der Waals surface area contributed by atoms with Gasteiger partial charge in [0, 0.05) is 11.0 Å². The van der Waals surface area contributed by atoms with Crippen molar-refractivity contribution in [3.63, 3.8) is 0 Å². The Hall–Kier alpha value is -0.580. The number of carbonyl (C=O) groups is 1. The molecule has 0 radical (unpaired) electrons. The summed E-state index contributed by atoms with van der Waals surface area (Å²) >= 11 is 3.46. The lowest BCUT2D eigenvalue weighted by atomic mass is 9.64. The normalized spacial score (nSPS) is 22.5. The van der Waals surface area contributed by atoms with Gasteiger partial charge >= 0.3 is 0 Å². The molecule has 0 aromatic heterocycles. The first-order valence-corrected chi connectivity index (χ1v) is 8.75. The van der Waals surface area contributed by atoms with E-state index in [1.165, 1.54) is 6.42 Å². The number of nitrogens with one attached hydrogen (secondary N) is 2. The van der Waals surface area contributed by atoms with Crippen LogP contribution in [0.5, 0.6) is 0 Å². The monoisotopic (exact) mass is 386 g/mol. The third kappa shape index (κ3) is 3.66. The summed E-state index contributed by atoms with van der Waals surface area (Å²) in [5.41, 5.74) is 0.895. The van der Waals surface area contributed by atoms with Crippen molar-refractivity contribution in [1.29, 1.82) is 0 Å². The summed E-state index contributed by atoms with van der Waals surface area (Å²) in [7, 11) is 0. The summed E-state index contributed by atoms with van der Waals surface area (Å²) in [5, 5.41) is 6.56. The third-order valence-corrected chi connectivity index (χ3v) is 5.57. The van der Waals surface area contributed by atoms with E-state index in [1.54, 1.807) is 0 Å². The highest BCUT2D eigenvalue weighted by Gasteiger charge is 2.45. The molecule has 0 spiro atoms. The van der Waals surface area contributed by atoms with Crippen LogP contribution in [0.15, 0.2) is 28.7 Å². The lowest BCUT2D eigenvalue weighted by Gasteiger charge is -2.40. The second kappa shape index (κ2) is 7.80. The lowest BCUT2D eigenvalue weighted by molar-refractivity contribution is -0.129. The first-order valence-electron chi connectivity index (χ1n) is 7.96. The van der Waals surface area contributed by atoms with E-state index >= 15 is 0 Å². The van der Waals surface area contributed by atoms with Crippen molar-refractivity contribution in [2.75, 3.05) is 19.6 Å². The van der Waals surface area contributed by atoms with Gasteiger partial charge in [-0.2, -0.15) is 0 Å². The zero-order valence-corrected chi connectivity index (χ0v) is 15.1. The fraction of sp³-hybridized carbons (Fsp3) is 0.588. The summed E-state index contributed by atoms with van der Waals surface area (Å²) in [6.45, 7) is 3.04. The molecule has 1 saturated heterocycles. The predicted molar refractivity (Wildman–Crippen MR) is 95.5 cm³/mol. The van der Waals surface area contributed by atoms with E-state index in [0.717, 1.165) is 61.3 Å². The van der Waals surface area contributed by atoms with Crippen molar-refractivity contribution in [2.45, 2.75) is 37.5 Å². The Bertz CT molecular complexity index is 496. The average molecular weight is 388 g/mol. The van der Waals surface area contributed by atoms with E-state index < -0.39 is 0 Å². The van der Waals surface area contributed by atoms with Crippen LogP contribution in [-0.2, 0) is 10.2 Å². The smallest absolute Gasteiger partial charge is 0.230 e. The quantitative estimate of drug-likeness (QED) is 0.813. The molecule has 3 rings (SSSR count). The Balaban J connectivity index is 0.00000176. The summed E-state index contributed by atoms with van der Waals surface area (Å²) in [6.07, 6.45) is 5.44. The van der Waals surface area contributed by atoms with Crippen LogP contribution in [0.2, 0.25) is 0 Å². The summed E-state index contributed by atoms with van der Waals surface area (Å²) < 4.78 is 1.06. The Labute approximate surface area is 147 Å². The first kappa shape index (κ1) is 17.8. The fourth-order valence-corrected chi connectivity index (χ4v) is 3.73. The number of benzene rings is 1. The number of rotatable bonds is 5. The van der Waals surface area contributed by atoms with Gasteiger partial charge in [0.2, 0.25) is 5.91 Å². The zero-order valence-electron chi connectivity index (χ0n) is 12.7. The molecule has 2 aliphatic rings. The largest absolute Gasteiger partial charge is 0.355 e. The van der Waals surface area contributed by atoms with E-state index in [4.69, 9.17) is 0 Å². The van der Waals surface area contributed by atoms with Gasteiger partial charge in [-0.25, -0.2) is 0 Å². The van der Waals surface area contributed by atoms with Crippen molar-refractivity contribution >= 4 is 34.2 Å². The molecule has 122 valence electrons. The van der Waals surface area contributed by atoms with Crippen molar-refractivity contribution in [1.82, 2.24) is 10.6 Å². The molecule has 1 heterocycles. The maximum absolute atomic E-state index is 12.7. The van der Waals surface area contributed by atoms with Gasteiger partial charge in [0.05, 0.1) is 5.41 Å². The minimum atomic E-state index is -0.269. The molecule has 22 heavy (non-hydrogen) atoms. The first-order chi connectivity index (χ1) is 10.2. The van der Waals surface area contributed by atoms with Crippen LogP contribution in [0, 0.1) is 5.92 Å². The topological polar surface area (TPSA) is 41.1 Å². The minimum absolute atomic E-state index is 0. The van der Waals surface area contributed by atoms with Crippen molar-refractivity contribution in [3.8, 4) is 0 Å². The highest BCUT2D eigenvalue weighted by Crippen LogP contribution is 2.44. The molecular formula is C17H24BrClN2O. The molecule has 1 aliphatic heterocycles. The van der Waals surface area contributed by atoms with Crippen molar-refractivity contribution in [2.24, 2.45) is 5.92 Å². The second-order valence-electron chi connectivity index (χ2n) is 6.35. The van der Waals surface area contributed by atoms with Crippen LogP contribution >= 0.6 is 28.3 Å². The van der Waals surface area contributed by atoms with Crippen LogP contribution in [0.25, 0.3) is 0 Å². The van der Waals surface area contributed by atoms with Gasteiger partial charge in [0.25, 0.3) is 0 Å². The Morgan fingerprint density at radius 3 is 2.59 bits per heavy atom. The summed E-state index contributed by atoms with van der Waals surface area (Å²) in [5.74, 6) is 0.956. The Morgan fingerprint density at radius 1 is 1.32 bits per heavy atom. The van der Waals surface area contributed by atoms with Gasteiger partial charge in [0.1, 0.15) is 0 Å². The number of hydrogen-bond donors (Lipinski definition) is 2. The van der Waals surface area contributed by atoms with Gasteiger partial charge in [-0.05, 0) is 62.4 Å². The minimum Gasteiger partial charge on any atom is -0.355 e. The zero-order chi connectivity index (χ0) is 14.7. The van der Waals surface area contributed by atoms with Gasteiger partial charge in [0.15, 0.2) is 0 Å². The molecule has 1 amide bonds. The molecule has 2 fully saturated rings. The predicted octanol–water partition coefficient (Wildman–Crippen LogP) is 3.41. The SMILES string of the molecule is Cl.O=C(NCCC1CCNC1)C1(c2ccc(Br)cc2)CCC1. The molecule has 1 unspecified atom stereocenters. The molecule has 1 aromatic rings. The molecule has 1 saturated carbocycles. The van der Waals surface area contributed by atoms with Gasteiger partial charge in [-0.15, -0.1) is 12.4 Å². The summed E-state index contributed by atoms with van der Waals surface area (Å²) in [6, 6.07) is 8.24. The van der Waals surface area contributed by atoms with E-state index in [2.05, 4.69) is 38.7 Å². The van der Waals surface area contributed by atoms with Crippen molar-refractivity contribution < 1.29 is 4.79 Å². The highest BCUT2D eigenvalue weighted by molar-refractivity contribution is 9.10. The molecule has 5 heteroatoms.